The lowest BCUT2D eigenvalue weighted by Crippen LogP contribution is -2.25. The topological polar surface area (TPSA) is 50.3 Å². The van der Waals surface area contributed by atoms with Crippen LogP contribution >= 0.6 is 22.7 Å². The number of thiazole rings is 1. The first-order valence-electron chi connectivity index (χ1n) is 6.34. The van der Waals surface area contributed by atoms with Gasteiger partial charge in [-0.3, -0.25) is 0 Å². The molecule has 0 aliphatic carbocycles. The normalized spacial score (nSPS) is 12.3. The van der Waals surface area contributed by atoms with Gasteiger partial charge in [0.2, 0.25) is 0 Å². The van der Waals surface area contributed by atoms with Crippen molar-refractivity contribution in [2.75, 3.05) is 7.05 Å². The minimum absolute atomic E-state index is 0.290. The number of sulfonamides is 1. The van der Waals surface area contributed by atoms with Crippen LogP contribution in [0.1, 0.15) is 9.88 Å². The first-order chi connectivity index (χ1) is 9.96. The third-order valence-electron chi connectivity index (χ3n) is 3.08. The van der Waals surface area contributed by atoms with Crippen LogP contribution in [-0.2, 0) is 16.6 Å². The highest BCUT2D eigenvalue weighted by Gasteiger charge is 2.23. The Morgan fingerprint density at radius 1 is 1.14 bits per heavy atom. The maximum Gasteiger partial charge on any atom is 0.252 e. The lowest BCUT2D eigenvalue weighted by atomic mass is 10.3. The summed E-state index contributed by atoms with van der Waals surface area (Å²) in [5.41, 5.74) is 0.912. The highest BCUT2D eigenvalue weighted by atomic mass is 32.2. The molecule has 0 aliphatic rings. The monoisotopic (exact) mass is 338 g/mol. The molecule has 0 spiro atoms. The van der Waals surface area contributed by atoms with Crippen LogP contribution in [-0.4, -0.2) is 24.8 Å². The summed E-state index contributed by atoms with van der Waals surface area (Å²) < 4.78 is 27.8. The molecule has 0 atom stereocenters. The second-order valence-corrected chi connectivity index (χ2v) is 9.38. The predicted molar refractivity (Wildman–Crippen MR) is 87.3 cm³/mol. The van der Waals surface area contributed by atoms with Crippen LogP contribution in [0.4, 0.5) is 0 Å². The summed E-state index contributed by atoms with van der Waals surface area (Å²) in [5, 5.41) is 0.801. The lowest BCUT2D eigenvalue weighted by Gasteiger charge is -2.14. The minimum atomic E-state index is -3.44. The van der Waals surface area contributed by atoms with Crippen molar-refractivity contribution in [3.63, 3.8) is 0 Å². The van der Waals surface area contributed by atoms with Crippen LogP contribution in [0.15, 0.2) is 40.6 Å². The largest absolute Gasteiger partial charge is 0.252 e. The Bertz CT molecular complexity index is 847. The van der Waals surface area contributed by atoms with E-state index in [0.29, 0.717) is 10.8 Å². The number of para-hydroxylation sites is 1. The summed E-state index contributed by atoms with van der Waals surface area (Å²) in [5.74, 6) is 0. The van der Waals surface area contributed by atoms with Crippen molar-refractivity contribution < 1.29 is 8.42 Å². The summed E-state index contributed by atoms with van der Waals surface area (Å²) in [6, 6.07) is 11.3. The predicted octanol–water partition coefficient (Wildman–Crippen LogP) is 3.49. The van der Waals surface area contributed by atoms with E-state index in [2.05, 4.69) is 4.98 Å². The number of benzene rings is 1. The number of fused-ring (bicyclic) bond motifs is 1. The second kappa shape index (κ2) is 5.49. The number of thiophene rings is 1. The molecule has 21 heavy (non-hydrogen) atoms. The van der Waals surface area contributed by atoms with Gasteiger partial charge in [-0.2, -0.15) is 4.31 Å². The van der Waals surface area contributed by atoms with Crippen LogP contribution in [0.3, 0.4) is 0 Å². The first kappa shape index (κ1) is 14.6. The number of hydrogen-bond donors (Lipinski definition) is 0. The zero-order valence-corrected chi connectivity index (χ0v) is 14.1. The van der Waals surface area contributed by atoms with Crippen LogP contribution in [0.5, 0.6) is 0 Å². The van der Waals surface area contributed by atoms with Gasteiger partial charge in [-0.15, -0.1) is 22.7 Å². The minimum Gasteiger partial charge on any atom is -0.240 e. The standard InChI is InChI=1S/C14H14N2O2S3/c1-10-7-8-14(19-10)21(17,18)16(2)9-13-15-11-5-3-4-6-12(11)20-13/h3-8H,9H2,1-2H3. The van der Waals surface area contributed by atoms with Gasteiger partial charge in [0, 0.05) is 11.9 Å². The molecule has 0 amide bonds. The fraction of sp³-hybridized carbons (Fsp3) is 0.214. The summed E-state index contributed by atoms with van der Waals surface area (Å²) in [6.45, 7) is 2.19. The Labute approximate surface area is 131 Å². The van der Waals surface area contributed by atoms with Crippen molar-refractivity contribution in [1.82, 2.24) is 9.29 Å². The Hall–Kier alpha value is -1.28. The molecule has 4 nitrogen and oxygen atoms in total. The van der Waals surface area contributed by atoms with Gasteiger partial charge in [0.15, 0.2) is 0 Å². The fourth-order valence-corrected chi connectivity index (χ4v) is 5.70. The number of hydrogen-bond acceptors (Lipinski definition) is 5. The highest BCUT2D eigenvalue weighted by molar-refractivity contribution is 7.91. The van der Waals surface area contributed by atoms with E-state index in [1.54, 1.807) is 13.1 Å². The van der Waals surface area contributed by atoms with Crippen LogP contribution in [0.2, 0.25) is 0 Å². The van der Waals surface area contributed by atoms with E-state index in [1.165, 1.54) is 27.0 Å². The molecule has 110 valence electrons. The molecule has 0 saturated heterocycles. The van der Waals surface area contributed by atoms with Crippen LogP contribution in [0, 0.1) is 6.92 Å². The zero-order valence-electron chi connectivity index (χ0n) is 11.6. The van der Waals surface area contributed by atoms with Gasteiger partial charge in [-0.25, -0.2) is 13.4 Å². The molecule has 1 aromatic carbocycles. The Morgan fingerprint density at radius 2 is 1.90 bits per heavy atom. The van der Waals surface area contributed by atoms with E-state index in [4.69, 9.17) is 0 Å². The molecule has 0 fully saturated rings. The van der Waals surface area contributed by atoms with Gasteiger partial charge in [0.1, 0.15) is 9.22 Å². The average Bonchev–Trinajstić information content (AvgIpc) is 3.04. The SMILES string of the molecule is Cc1ccc(S(=O)(=O)N(C)Cc2nc3ccccc3s2)s1. The maximum atomic E-state index is 12.5. The van der Waals surface area contributed by atoms with Crippen LogP contribution < -0.4 is 0 Å². The molecule has 0 saturated carbocycles. The van der Waals surface area contributed by atoms with Gasteiger partial charge in [0.25, 0.3) is 10.0 Å². The molecular formula is C14H14N2O2S3. The van der Waals surface area contributed by atoms with Crippen molar-refractivity contribution in [2.24, 2.45) is 0 Å². The van der Waals surface area contributed by atoms with E-state index in [-0.39, 0.29) is 0 Å². The molecule has 0 unspecified atom stereocenters. The lowest BCUT2D eigenvalue weighted by molar-refractivity contribution is 0.468. The van der Waals surface area contributed by atoms with E-state index in [1.807, 2.05) is 37.3 Å². The molecule has 3 aromatic rings. The molecule has 0 bridgehead atoms. The third-order valence-corrected chi connectivity index (χ3v) is 7.37. The third kappa shape index (κ3) is 2.87. The van der Waals surface area contributed by atoms with Crippen molar-refractivity contribution in [3.05, 3.63) is 46.3 Å². The molecule has 0 aliphatic heterocycles. The van der Waals surface area contributed by atoms with Gasteiger partial charge in [-0.05, 0) is 31.2 Å². The summed E-state index contributed by atoms with van der Waals surface area (Å²) in [4.78, 5) is 5.47. The Balaban J connectivity index is 1.87. The first-order valence-corrected chi connectivity index (χ1v) is 9.41. The van der Waals surface area contributed by atoms with E-state index in [0.717, 1.165) is 20.1 Å². The molecule has 2 aromatic heterocycles. The van der Waals surface area contributed by atoms with Gasteiger partial charge in [0.05, 0.1) is 16.8 Å². The molecular weight excluding hydrogens is 324 g/mol. The molecule has 3 rings (SSSR count). The van der Waals surface area contributed by atoms with E-state index < -0.39 is 10.0 Å². The zero-order chi connectivity index (χ0) is 15.0. The van der Waals surface area contributed by atoms with E-state index >= 15 is 0 Å². The van der Waals surface area contributed by atoms with Crippen molar-refractivity contribution in [2.45, 2.75) is 17.7 Å². The second-order valence-electron chi connectivity index (χ2n) is 4.70. The number of rotatable bonds is 4. The quantitative estimate of drug-likeness (QED) is 0.732. The van der Waals surface area contributed by atoms with Crippen molar-refractivity contribution in [1.29, 1.82) is 0 Å². The number of aryl methyl sites for hydroxylation is 1. The molecule has 7 heteroatoms. The summed E-state index contributed by atoms with van der Waals surface area (Å²) >= 11 is 2.82. The van der Waals surface area contributed by atoms with Crippen LogP contribution in [0.25, 0.3) is 10.2 Å². The highest BCUT2D eigenvalue weighted by Crippen LogP contribution is 2.27. The average molecular weight is 338 g/mol. The van der Waals surface area contributed by atoms with Gasteiger partial charge in [-0.1, -0.05) is 12.1 Å². The maximum absolute atomic E-state index is 12.5. The molecule has 0 N–H and O–H groups in total. The van der Waals surface area contributed by atoms with Gasteiger partial charge < -0.3 is 0 Å². The van der Waals surface area contributed by atoms with Crippen molar-refractivity contribution in [3.8, 4) is 0 Å². The van der Waals surface area contributed by atoms with E-state index in [9.17, 15) is 8.42 Å². The molecule has 2 heterocycles. The Morgan fingerprint density at radius 3 is 2.57 bits per heavy atom. The summed E-state index contributed by atoms with van der Waals surface area (Å²) in [6.07, 6.45) is 0. The van der Waals surface area contributed by atoms with Crippen molar-refractivity contribution >= 4 is 42.9 Å². The molecule has 0 radical (unpaired) electrons. The fourth-order valence-electron chi connectivity index (χ4n) is 1.97. The summed E-state index contributed by atoms with van der Waals surface area (Å²) in [7, 11) is -1.84. The van der Waals surface area contributed by atoms with Gasteiger partial charge >= 0.3 is 0 Å². The smallest absolute Gasteiger partial charge is 0.240 e. The Kier molecular flexibility index (Phi) is 3.83. The number of aromatic nitrogens is 1. The number of nitrogens with zero attached hydrogens (tertiary/aromatic N) is 2.